The van der Waals surface area contributed by atoms with Crippen molar-refractivity contribution in [1.29, 1.82) is 0 Å². The lowest BCUT2D eigenvalue weighted by Gasteiger charge is -2.11. The maximum absolute atomic E-state index is 9.13. The number of rotatable bonds is 0. The van der Waals surface area contributed by atoms with Gasteiger partial charge in [-0.15, -0.1) is 12.4 Å². The van der Waals surface area contributed by atoms with Crippen LogP contribution in [0.25, 0.3) is 0 Å². The molecule has 0 aliphatic carbocycles. The second-order valence-electron chi connectivity index (χ2n) is 2.42. The van der Waals surface area contributed by atoms with Crippen LogP contribution < -0.4 is 5.32 Å². The maximum Gasteiger partial charge on any atom is 0.0755 e. The summed E-state index contributed by atoms with van der Waals surface area (Å²) in [5, 5.41) is 12.2. The Labute approximate surface area is 55.7 Å². The van der Waals surface area contributed by atoms with E-state index in [4.69, 9.17) is 5.11 Å². The molecule has 1 rings (SSSR count). The molecule has 1 aliphatic rings. The van der Waals surface area contributed by atoms with E-state index in [1.165, 1.54) is 0 Å². The Kier molecular flexibility index (Phi) is 2.74. The van der Waals surface area contributed by atoms with Gasteiger partial charge in [-0.3, -0.25) is 0 Å². The van der Waals surface area contributed by atoms with E-state index in [1.54, 1.807) is 0 Å². The van der Waals surface area contributed by atoms with Crippen molar-refractivity contribution in [3.63, 3.8) is 0 Å². The van der Waals surface area contributed by atoms with Gasteiger partial charge in [-0.2, -0.15) is 0 Å². The molecule has 0 radical (unpaired) electrons. The fraction of sp³-hybridized carbons (Fsp3) is 1.00. The van der Waals surface area contributed by atoms with Crippen LogP contribution in [-0.4, -0.2) is 23.8 Å². The van der Waals surface area contributed by atoms with E-state index in [9.17, 15) is 0 Å². The Morgan fingerprint density at radius 3 is 2.38 bits per heavy atom. The number of nitrogens with one attached hydrogen (secondary N) is 1. The van der Waals surface area contributed by atoms with Gasteiger partial charge < -0.3 is 10.4 Å². The molecule has 0 spiro atoms. The molecule has 0 saturated carbocycles. The third-order valence-corrected chi connectivity index (χ3v) is 1.35. The van der Waals surface area contributed by atoms with Crippen LogP contribution >= 0.6 is 12.4 Å². The van der Waals surface area contributed by atoms with E-state index >= 15 is 0 Å². The molecule has 50 valence electrons. The van der Waals surface area contributed by atoms with Crippen LogP contribution in [0.15, 0.2) is 0 Å². The first-order valence-electron chi connectivity index (χ1n) is 2.64. The number of hydrogen-bond acceptors (Lipinski definition) is 2. The largest absolute Gasteiger partial charge is 0.389 e. The first-order valence-corrected chi connectivity index (χ1v) is 2.64. The second-order valence-corrected chi connectivity index (χ2v) is 2.42. The molecule has 0 aromatic carbocycles. The van der Waals surface area contributed by atoms with Crippen molar-refractivity contribution in [3.05, 3.63) is 0 Å². The Morgan fingerprint density at radius 2 is 2.25 bits per heavy atom. The Morgan fingerprint density at radius 1 is 1.62 bits per heavy atom. The fourth-order valence-electron chi connectivity index (χ4n) is 0.804. The van der Waals surface area contributed by atoms with E-state index in [2.05, 4.69) is 5.32 Å². The van der Waals surface area contributed by atoms with E-state index in [-0.39, 0.29) is 12.4 Å². The van der Waals surface area contributed by atoms with E-state index in [1.807, 2.05) is 6.92 Å². The van der Waals surface area contributed by atoms with Gasteiger partial charge in [0.15, 0.2) is 0 Å². The van der Waals surface area contributed by atoms with Crippen LogP contribution in [0.2, 0.25) is 0 Å². The molecule has 1 atom stereocenters. The Balaban J connectivity index is 0.000000490. The summed E-state index contributed by atoms with van der Waals surface area (Å²) < 4.78 is 0. The van der Waals surface area contributed by atoms with Gasteiger partial charge in [0.05, 0.1) is 5.60 Å². The average molecular weight is 138 g/mol. The van der Waals surface area contributed by atoms with Crippen LogP contribution in [-0.2, 0) is 0 Å². The van der Waals surface area contributed by atoms with Gasteiger partial charge in [0.25, 0.3) is 0 Å². The van der Waals surface area contributed by atoms with E-state index in [0.717, 1.165) is 19.5 Å². The monoisotopic (exact) mass is 137 g/mol. The lowest BCUT2D eigenvalue weighted by Crippen LogP contribution is -2.26. The molecule has 0 aromatic heterocycles. The molecule has 1 saturated heterocycles. The summed E-state index contributed by atoms with van der Waals surface area (Å²) in [6.45, 7) is 3.58. The van der Waals surface area contributed by atoms with Crippen molar-refractivity contribution >= 4 is 12.4 Å². The minimum atomic E-state index is -0.417. The number of halogens is 1. The third kappa shape index (κ3) is 1.99. The molecule has 8 heavy (non-hydrogen) atoms. The minimum Gasteiger partial charge on any atom is -0.389 e. The molecule has 0 bridgehead atoms. The fourth-order valence-corrected chi connectivity index (χ4v) is 0.804. The molecular weight excluding hydrogens is 126 g/mol. The second kappa shape index (κ2) is 2.67. The SMILES string of the molecule is CC1(O)CCNC1.Cl. The van der Waals surface area contributed by atoms with Crippen molar-refractivity contribution in [1.82, 2.24) is 5.32 Å². The summed E-state index contributed by atoms with van der Waals surface area (Å²) in [4.78, 5) is 0. The molecule has 0 aromatic rings. The lowest BCUT2D eigenvalue weighted by molar-refractivity contribution is 0.0820. The highest BCUT2D eigenvalue weighted by Crippen LogP contribution is 2.10. The zero-order valence-corrected chi connectivity index (χ0v) is 5.79. The molecule has 1 fully saturated rings. The predicted molar refractivity (Wildman–Crippen MR) is 35.4 cm³/mol. The first-order chi connectivity index (χ1) is 3.21. The van der Waals surface area contributed by atoms with Gasteiger partial charge in [0, 0.05) is 6.54 Å². The highest BCUT2D eigenvalue weighted by molar-refractivity contribution is 5.85. The van der Waals surface area contributed by atoms with Gasteiger partial charge in [-0.25, -0.2) is 0 Å². The number of hydrogen-bond donors (Lipinski definition) is 2. The summed E-state index contributed by atoms with van der Waals surface area (Å²) in [5.74, 6) is 0. The van der Waals surface area contributed by atoms with Crippen molar-refractivity contribution in [2.24, 2.45) is 0 Å². The lowest BCUT2D eigenvalue weighted by atomic mass is 10.1. The van der Waals surface area contributed by atoms with Crippen LogP contribution in [0, 0.1) is 0 Å². The van der Waals surface area contributed by atoms with Crippen molar-refractivity contribution in [3.8, 4) is 0 Å². The Bertz CT molecular complexity index is 66.8. The minimum absolute atomic E-state index is 0. The molecule has 0 amide bonds. The average Bonchev–Trinajstić information content (AvgIpc) is 1.84. The summed E-state index contributed by atoms with van der Waals surface area (Å²) in [6.07, 6.45) is 0.896. The van der Waals surface area contributed by atoms with Crippen molar-refractivity contribution in [2.45, 2.75) is 18.9 Å². The highest BCUT2D eigenvalue weighted by atomic mass is 35.5. The molecule has 2 nitrogen and oxygen atoms in total. The number of aliphatic hydroxyl groups is 1. The predicted octanol–water partition coefficient (Wildman–Crippen LogP) is 0.152. The van der Waals surface area contributed by atoms with E-state index < -0.39 is 5.60 Å². The number of β-amino-alcohol motifs (C(OH)–C–C–N with tert-alkyl or cyclic N) is 1. The van der Waals surface area contributed by atoms with Gasteiger partial charge in [-0.05, 0) is 19.9 Å². The summed E-state index contributed by atoms with van der Waals surface area (Å²) >= 11 is 0. The zero-order chi connectivity index (χ0) is 5.33. The van der Waals surface area contributed by atoms with Crippen LogP contribution in [0.3, 0.4) is 0 Å². The van der Waals surface area contributed by atoms with Crippen LogP contribution in [0.5, 0.6) is 0 Å². The normalized spacial score (nSPS) is 36.8. The van der Waals surface area contributed by atoms with Crippen molar-refractivity contribution < 1.29 is 5.11 Å². The summed E-state index contributed by atoms with van der Waals surface area (Å²) in [7, 11) is 0. The molecular formula is C5H12ClNO. The molecule has 1 heterocycles. The van der Waals surface area contributed by atoms with Crippen LogP contribution in [0.4, 0.5) is 0 Å². The molecule has 1 unspecified atom stereocenters. The third-order valence-electron chi connectivity index (χ3n) is 1.35. The highest BCUT2D eigenvalue weighted by Gasteiger charge is 2.23. The zero-order valence-electron chi connectivity index (χ0n) is 4.98. The smallest absolute Gasteiger partial charge is 0.0755 e. The first kappa shape index (κ1) is 8.21. The van der Waals surface area contributed by atoms with Crippen molar-refractivity contribution in [2.75, 3.05) is 13.1 Å². The topological polar surface area (TPSA) is 32.3 Å². The van der Waals surface area contributed by atoms with Gasteiger partial charge >= 0.3 is 0 Å². The van der Waals surface area contributed by atoms with E-state index in [0.29, 0.717) is 0 Å². The van der Waals surface area contributed by atoms with Gasteiger partial charge in [-0.1, -0.05) is 0 Å². The summed E-state index contributed by atoms with van der Waals surface area (Å²) in [6, 6.07) is 0. The molecule has 1 aliphatic heterocycles. The van der Waals surface area contributed by atoms with Gasteiger partial charge in [0.2, 0.25) is 0 Å². The maximum atomic E-state index is 9.13. The summed E-state index contributed by atoms with van der Waals surface area (Å²) in [5.41, 5.74) is -0.417. The van der Waals surface area contributed by atoms with Crippen LogP contribution in [0.1, 0.15) is 13.3 Å². The molecule has 3 heteroatoms. The standard InChI is InChI=1S/C5H11NO.ClH/c1-5(7)2-3-6-4-5;/h6-7H,2-4H2,1H3;1H. The quantitative estimate of drug-likeness (QED) is 0.498. The van der Waals surface area contributed by atoms with Gasteiger partial charge in [0.1, 0.15) is 0 Å². The molecule has 2 N–H and O–H groups in total. The Hall–Kier alpha value is 0.210.